The van der Waals surface area contributed by atoms with E-state index in [1.54, 1.807) is 18.2 Å². The number of fused-ring (bicyclic) bond motifs is 1. The lowest BCUT2D eigenvalue weighted by molar-refractivity contribution is -0.142. The van der Waals surface area contributed by atoms with Gasteiger partial charge in [0.25, 0.3) is 0 Å². The van der Waals surface area contributed by atoms with Crippen molar-refractivity contribution in [1.29, 1.82) is 5.26 Å². The highest BCUT2D eigenvalue weighted by molar-refractivity contribution is 5.88. The zero-order chi connectivity index (χ0) is 23.6. The summed E-state index contributed by atoms with van der Waals surface area (Å²) in [5.41, 5.74) is 6.94. The van der Waals surface area contributed by atoms with Crippen molar-refractivity contribution in [1.82, 2.24) is 20.2 Å². The number of nitriles is 1. The molecule has 5 rings (SSSR count). The Hall–Kier alpha value is -2.76. The molecule has 3 aliphatic rings. The van der Waals surface area contributed by atoms with E-state index in [0.717, 1.165) is 43.0 Å². The summed E-state index contributed by atoms with van der Waals surface area (Å²) in [7, 11) is 0. The van der Waals surface area contributed by atoms with E-state index in [4.69, 9.17) is 16.1 Å². The summed E-state index contributed by atoms with van der Waals surface area (Å²) < 4.78 is 0. The molecule has 2 aromatic rings. The predicted octanol–water partition coefficient (Wildman–Crippen LogP) is 2.86. The minimum atomic E-state index is -0.225. The largest absolute Gasteiger partial charge is 0.393 e. The van der Waals surface area contributed by atoms with Crippen LogP contribution in [0, 0.1) is 23.2 Å². The fraction of sp³-hybridized carbons (Fsp3) is 0.600. The van der Waals surface area contributed by atoms with Crippen LogP contribution in [-0.2, 0) is 4.79 Å². The van der Waals surface area contributed by atoms with Crippen molar-refractivity contribution in [3.05, 3.63) is 30.1 Å². The van der Waals surface area contributed by atoms with Crippen LogP contribution in [0.15, 0.2) is 24.5 Å². The molecule has 1 aliphatic heterocycles. The molecule has 1 amide bonds. The molecule has 2 saturated carbocycles. The van der Waals surface area contributed by atoms with Crippen LogP contribution in [0.1, 0.15) is 57.4 Å². The first kappa shape index (κ1) is 24.9. The number of benzene rings is 1. The van der Waals surface area contributed by atoms with Gasteiger partial charge in [-0.2, -0.15) is 5.26 Å². The number of piperazine rings is 1. The average molecular weight is 453 g/mol. The highest BCUT2D eigenvalue weighted by atomic mass is 16.3. The van der Waals surface area contributed by atoms with Gasteiger partial charge in [0.15, 0.2) is 0 Å². The minimum absolute atomic E-state index is 0.105. The van der Waals surface area contributed by atoms with Crippen LogP contribution >= 0.6 is 0 Å². The summed E-state index contributed by atoms with van der Waals surface area (Å²) in [4.78, 5) is 21.5. The number of carbonyl (C=O) groups excluding carboxylic acids is 1. The molecule has 0 spiro atoms. The molecule has 8 nitrogen and oxygen atoms in total. The van der Waals surface area contributed by atoms with Gasteiger partial charge in [0.2, 0.25) is 5.91 Å². The molecule has 0 atom stereocenters. The quantitative estimate of drug-likeness (QED) is 0.607. The van der Waals surface area contributed by atoms with E-state index in [0.29, 0.717) is 24.2 Å². The zero-order valence-corrected chi connectivity index (χ0v) is 19.5. The number of aromatic nitrogens is 2. The van der Waals surface area contributed by atoms with Crippen LogP contribution in [-0.4, -0.2) is 58.2 Å². The standard InChI is InChI=1S/C9H6N4.C9H16N2O2.C7H14/c10-4-6-1-2-8-7(3-6)9(11)13-5-12-8;12-8-5-7(6-8)9(13)11-3-1-10-2-4-11;1-7-5-3-2-4-6-7/h1-3,5H,(H2,11,12,13);7-8,10,12H,1-6H2;7H,2-6H2,1H3. The lowest BCUT2D eigenvalue weighted by Crippen LogP contribution is -2.51. The van der Waals surface area contributed by atoms with Gasteiger partial charge in [0, 0.05) is 37.5 Å². The van der Waals surface area contributed by atoms with Crippen LogP contribution in [0.5, 0.6) is 0 Å². The lowest BCUT2D eigenvalue weighted by atomic mass is 9.81. The molecule has 1 aromatic heterocycles. The summed E-state index contributed by atoms with van der Waals surface area (Å²) in [5.74, 6) is 1.79. The predicted molar refractivity (Wildman–Crippen MR) is 129 cm³/mol. The molecule has 3 fully saturated rings. The van der Waals surface area contributed by atoms with Gasteiger partial charge < -0.3 is 21.1 Å². The molecular formula is C25H36N6O2. The van der Waals surface area contributed by atoms with Crippen molar-refractivity contribution in [3.63, 3.8) is 0 Å². The molecule has 0 radical (unpaired) electrons. The average Bonchev–Trinajstić information content (AvgIpc) is 2.83. The first-order chi connectivity index (χ1) is 16.0. The number of rotatable bonds is 1. The molecule has 1 saturated heterocycles. The Balaban J connectivity index is 0.000000146. The monoisotopic (exact) mass is 452 g/mol. The van der Waals surface area contributed by atoms with Crippen molar-refractivity contribution in [2.75, 3.05) is 31.9 Å². The van der Waals surface area contributed by atoms with Gasteiger partial charge in [-0.15, -0.1) is 0 Å². The van der Waals surface area contributed by atoms with E-state index in [9.17, 15) is 4.79 Å². The van der Waals surface area contributed by atoms with Gasteiger partial charge in [-0.25, -0.2) is 9.97 Å². The number of aliphatic hydroxyl groups excluding tert-OH is 1. The number of anilines is 1. The highest BCUT2D eigenvalue weighted by Gasteiger charge is 2.35. The smallest absolute Gasteiger partial charge is 0.225 e. The normalized spacial score (nSPS) is 22.6. The number of amides is 1. The number of carbonyl (C=O) groups is 1. The van der Waals surface area contributed by atoms with Crippen LogP contribution in [0.2, 0.25) is 0 Å². The molecule has 1 aromatic carbocycles. The van der Waals surface area contributed by atoms with E-state index in [1.807, 2.05) is 11.0 Å². The first-order valence-corrected chi connectivity index (χ1v) is 12.1. The third-order valence-electron chi connectivity index (χ3n) is 6.58. The first-order valence-electron chi connectivity index (χ1n) is 12.1. The molecule has 178 valence electrons. The number of hydrogen-bond acceptors (Lipinski definition) is 7. The topological polar surface area (TPSA) is 128 Å². The SMILES string of the molecule is CC1CCCCC1.N#Cc1ccc2ncnc(N)c2c1.O=C(C1CC(O)C1)N1CCNCC1. The number of aliphatic hydroxyl groups is 1. The lowest BCUT2D eigenvalue weighted by Gasteiger charge is -2.36. The van der Waals surface area contributed by atoms with Gasteiger partial charge in [-0.1, -0.05) is 39.0 Å². The molecule has 4 N–H and O–H groups in total. The number of nitrogens with zero attached hydrogens (tertiary/aromatic N) is 4. The summed E-state index contributed by atoms with van der Waals surface area (Å²) >= 11 is 0. The van der Waals surface area contributed by atoms with Gasteiger partial charge in [-0.05, 0) is 37.0 Å². The zero-order valence-electron chi connectivity index (χ0n) is 19.5. The summed E-state index contributed by atoms with van der Waals surface area (Å²) in [6.07, 6.45) is 9.96. The number of nitrogen functional groups attached to an aromatic ring is 1. The fourth-order valence-electron chi connectivity index (χ4n) is 4.39. The number of nitrogens with two attached hydrogens (primary N) is 1. The second kappa shape index (κ2) is 12.5. The van der Waals surface area contributed by atoms with Crippen molar-refractivity contribution in [3.8, 4) is 6.07 Å². The van der Waals surface area contributed by atoms with Gasteiger partial charge >= 0.3 is 0 Å². The second-order valence-electron chi connectivity index (χ2n) is 9.24. The molecule has 0 bridgehead atoms. The Morgan fingerprint density at radius 1 is 1.18 bits per heavy atom. The van der Waals surface area contributed by atoms with Gasteiger partial charge in [0.1, 0.15) is 12.1 Å². The van der Waals surface area contributed by atoms with Crippen LogP contribution in [0.25, 0.3) is 10.9 Å². The minimum Gasteiger partial charge on any atom is -0.393 e. The summed E-state index contributed by atoms with van der Waals surface area (Å²) in [5, 5.41) is 21.7. The van der Waals surface area contributed by atoms with E-state index in [2.05, 4.69) is 22.2 Å². The molecule has 8 heteroatoms. The van der Waals surface area contributed by atoms with E-state index >= 15 is 0 Å². The fourth-order valence-corrected chi connectivity index (χ4v) is 4.39. The third kappa shape index (κ3) is 7.37. The van der Waals surface area contributed by atoms with E-state index < -0.39 is 0 Å². The molecule has 2 heterocycles. The maximum absolute atomic E-state index is 11.7. The molecule has 2 aliphatic carbocycles. The Morgan fingerprint density at radius 2 is 1.88 bits per heavy atom. The maximum atomic E-state index is 11.7. The Labute approximate surface area is 196 Å². The van der Waals surface area contributed by atoms with Crippen LogP contribution in [0.3, 0.4) is 0 Å². The highest BCUT2D eigenvalue weighted by Crippen LogP contribution is 2.29. The van der Waals surface area contributed by atoms with Crippen molar-refractivity contribution in [2.24, 2.45) is 11.8 Å². The van der Waals surface area contributed by atoms with Crippen molar-refractivity contribution < 1.29 is 9.90 Å². The molecule has 0 unspecified atom stereocenters. The second-order valence-corrected chi connectivity index (χ2v) is 9.24. The number of hydrogen-bond donors (Lipinski definition) is 3. The maximum Gasteiger partial charge on any atom is 0.225 e. The molecule has 33 heavy (non-hydrogen) atoms. The van der Waals surface area contributed by atoms with Gasteiger partial charge in [0.05, 0.1) is 23.3 Å². The van der Waals surface area contributed by atoms with Crippen molar-refractivity contribution in [2.45, 2.75) is 58.0 Å². The van der Waals surface area contributed by atoms with Crippen molar-refractivity contribution >= 4 is 22.6 Å². The van der Waals surface area contributed by atoms with Gasteiger partial charge in [-0.3, -0.25) is 4.79 Å². The Bertz CT molecular complexity index is 942. The summed E-state index contributed by atoms with van der Waals surface area (Å²) in [6, 6.07) is 7.18. The van der Waals surface area contributed by atoms with Crippen LogP contribution in [0.4, 0.5) is 5.82 Å². The third-order valence-corrected chi connectivity index (χ3v) is 6.58. The Kier molecular flexibility index (Phi) is 9.40. The van der Waals surface area contributed by atoms with Crippen LogP contribution < -0.4 is 11.1 Å². The Morgan fingerprint density at radius 3 is 2.45 bits per heavy atom. The number of nitrogens with one attached hydrogen (secondary N) is 1. The summed E-state index contributed by atoms with van der Waals surface area (Å²) in [6.45, 7) is 5.82. The van der Waals surface area contributed by atoms with E-state index in [-0.39, 0.29) is 17.9 Å². The van der Waals surface area contributed by atoms with E-state index in [1.165, 1.54) is 38.4 Å². The molecular weight excluding hydrogens is 416 g/mol.